The quantitative estimate of drug-likeness (QED) is 0.685. The number of carbonyl (C=O) groups is 1. The van der Waals surface area contributed by atoms with Crippen LogP contribution in [-0.2, 0) is 0 Å². The molecule has 0 atom stereocenters. The number of hydrogen-bond acceptors (Lipinski definition) is 4. The fourth-order valence-corrected chi connectivity index (χ4v) is 2.10. The highest BCUT2D eigenvalue weighted by molar-refractivity contribution is 6.30. The van der Waals surface area contributed by atoms with E-state index in [-0.39, 0.29) is 5.56 Å². The van der Waals surface area contributed by atoms with Crippen LogP contribution < -0.4 is 5.32 Å². The molecule has 0 spiro atoms. The molecule has 1 aromatic heterocycles. The summed E-state index contributed by atoms with van der Waals surface area (Å²) in [4.78, 5) is 15.1. The second-order valence-electron chi connectivity index (χ2n) is 4.53. The number of rotatable bonds is 4. The van der Waals surface area contributed by atoms with Gasteiger partial charge in [0.2, 0.25) is 5.95 Å². The van der Waals surface area contributed by atoms with Crippen LogP contribution in [0.15, 0.2) is 48.5 Å². The summed E-state index contributed by atoms with van der Waals surface area (Å²) >= 11 is 5.95. The molecular formula is C15H11ClN4O2. The first-order chi connectivity index (χ1) is 10.6. The average molecular weight is 315 g/mol. The van der Waals surface area contributed by atoms with E-state index in [2.05, 4.69) is 20.5 Å². The molecule has 6 nitrogen and oxygen atoms in total. The molecule has 0 aliphatic heterocycles. The summed E-state index contributed by atoms with van der Waals surface area (Å²) in [6, 6.07) is 13.6. The summed E-state index contributed by atoms with van der Waals surface area (Å²) < 4.78 is 0. The van der Waals surface area contributed by atoms with E-state index >= 15 is 0 Å². The monoisotopic (exact) mass is 314 g/mol. The topological polar surface area (TPSA) is 90.9 Å². The lowest BCUT2D eigenvalue weighted by molar-refractivity contribution is 0.0697. The SMILES string of the molecule is O=C(O)c1ccc(Nc2n[nH]c(-c3cccc(Cl)c3)n2)cc1. The standard InChI is InChI=1S/C15H11ClN4O2/c16-11-3-1-2-10(8-11)13-18-15(20-19-13)17-12-6-4-9(5-7-12)14(21)22/h1-8H,(H,21,22)(H2,17,18,19,20). The van der Waals surface area contributed by atoms with Crippen LogP contribution in [0.4, 0.5) is 11.6 Å². The molecule has 3 N–H and O–H groups in total. The van der Waals surface area contributed by atoms with Gasteiger partial charge in [-0.15, -0.1) is 5.10 Å². The van der Waals surface area contributed by atoms with Crippen LogP contribution in [0.3, 0.4) is 0 Å². The van der Waals surface area contributed by atoms with Crippen molar-refractivity contribution in [1.29, 1.82) is 0 Å². The molecule has 3 rings (SSSR count). The number of nitrogens with zero attached hydrogens (tertiary/aromatic N) is 2. The van der Waals surface area contributed by atoms with E-state index in [0.717, 1.165) is 5.56 Å². The Labute approximate surface area is 130 Å². The maximum absolute atomic E-state index is 10.8. The lowest BCUT2D eigenvalue weighted by Gasteiger charge is -2.01. The van der Waals surface area contributed by atoms with Crippen LogP contribution in [0.1, 0.15) is 10.4 Å². The minimum atomic E-state index is -0.965. The Kier molecular flexibility index (Phi) is 3.76. The van der Waals surface area contributed by atoms with Crippen LogP contribution in [0.2, 0.25) is 5.02 Å². The van der Waals surface area contributed by atoms with Crippen LogP contribution >= 0.6 is 11.6 Å². The number of halogens is 1. The van der Waals surface area contributed by atoms with Gasteiger partial charge in [-0.25, -0.2) is 4.79 Å². The van der Waals surface area contributed by atoms with Crippen LogP contribution in [0.25, 0.3) is 11.4 Å². The number of nitrogens with one attached hydrogen (secondary N) is 2. The van der Waals surface area contributed by atoms with E-state index in [4.69, 9.17) is 16.7 Å². The van der Waals surface area contributed by atoms with Gasteiger partial charge in [-0.2, -0.15) is 4.98 Å². The highest BCUT2D eigenvalue weighted by Gasteiger charge is 2.07. The van der Waals surface area contributed by atoms with E-state index < -0.39 is 5.97 Å². The van der Waals surface area contributed by atoms with Crippen molar-refractivity contribution in [3.63, 3.8) is 0 Å². The van der Waals surface area contributed by atoms with Crippen LogP contribution in [0.5, 0.6) is 0 Å². The minimum absolute atomic E-state index is 0.222. The number of anilines is 2. The van der Waals surface area contributed by atoms with Crippen molar-refractivity contribution in [1.82, 2.24) is 15.2 Å². The first kappa shape index (κ1) is 14.1. The Morgan fingerprint density at radius 1 is 1.18 bits per heavy atom. The molecule has 2 aromatic carbocycles. The molecule has 0 saturated heterocycles. The largest absolute Gasteiger partial charge is 0.478 e. The first-order valence-electron chi connectivity index (χ1n) is 6.40. The third-order valence-electron chi connectivity index (χ3n) is 2.97. The number of aromatic amines is 1. The molecular weight excluding hydrogens is 304 g/mol. The summed E-state index contributed by atoms with van der Waals surface area (Å²) in [5.74, 6) is 0.0119. The molecule has 0 aliphatic carbocycles. The predicted octanol–water partition coefficient (Wildman–Crippen LogP) is 3.57. The lowest BCUT2D eigenvalue weighted by Crippen LogP contribution is -1.97. The van der Waals surface area contributed by atoms with Crippen molar-refractivity contribution in [3.05, 3.63) is 59.1 Å². The fraction of sp³-hybridized carbons (Fsp3) is 0. The number of H-pyrrole nitrogens is 1. The van der Waals surface area contributed by atoms with Gasteiger partial charge in [0.1, 0.15) is 0 Å². The molecule has 3 aromatic rings. The van der Waals surface area contributed by atoms with E-state index in [1.165, 1.54) is 12.1 Å². The lowest BCUT2D eigenvalue weighted by atomic mass is 10.2. The molecule has 0 bridgehead atoms. The number of aromatic nitrogens is 3. The zero-order valence-corrected chi connectivity index (χ0v) is 12.0. The second kappa shape index (κ2) is 5.87. The molecule has 0 unspecified atom stereocenters. The van der Waals surface area contributed by atoms with E-state index in [0.29, 0.717) is 22.5 Å². The molecule has 0 aliphatic rings. The number of benzene rings is 2. The zero-order valence-electron chi connectivity index (χ0n) is 11.2. The molecule has 22 heavy (non-hydrogen) atoms. The molecule has 0 fully saturated rings. The molecule has 110 valence electrons. The Bertz CT molecular complexity index is 814. The Morgan fingerprint density at radius 2 is 1.95 bits per heavy atom. The van der Waals surface area contributed by atoms with Gasteiger partial charge >= 0.3 is 5.97 Å². The molecule has 1 heterocycles. The third kappa shape index (κ3) is 3.07. The summed E-state index contributed by atoms with van der Waals surface area (Å²) in [5.41, 5.74) is 1.75. The Morgan fingerprint density at radius 3 is 2.64 bits per heavy atom. The number of aromatic carboxylic acids is 1. The summed E-state index contributed by atoms with van der Waals surface area (Å²) in [6.07, 6.45) is 0. The van der Waals surface area contributed by atoms with Crippen LogP contribution in [0, 0.1) is 0 Å². The van der Waals surface area contributed by atoms with Gasteiger partial charge in [-0.3, -0.25) is 5.10 Å². The van der Waals surface area contributed by atoms with Crippen molar-refractivity contribution >= 4 is 29.2 Å². The van der Waals surface area contributed by atoms with Gasteiger partial charge in [0, 0.05) is 16.3 Å². The molecule has 0 amide bonds. The molecule has 0 radical (unpaired) electrons. The normalized spacial score (nSPS) is 10.4. The Hall–Kier alpha value is -2.86. The van der Waals surface area contributed by atoms with Crippen LogP contribution in [-0.4, -0.2) is 26.3 Å². The van der Waals surface area contributed by atoms with Crippen molar-refractivity contribution in [2.75, 3.05) is 5.32 Å². The fourth-order valence-electron chi connectivity index (χ4n) is 1.91. The molecule has 0 saturated carbocycles. The van der Waals surface area contributed by atoms with E-state index in [9.17, 15) is 4.79 Å². The van der Waals surface area contributed by atoms with Gasteiger partial charge in [-0.1, -0.05) is 23.7 Å². The van der Waals surface area contributed by atoms with Gasteiger partial charge in [0.15, 0.2) is 5.82 Å². The highest BCUT2D eigenvalue weighted by Crippen LogP contribution is 2.21. The van der Waals surface area contributed by atoms with Crippen molar-refractivity contribution < 1.29 is 9.90 Å². The van der Waals surface area contributed by atoms with Gasteiger partial charge in [0.25, 0.3) is 0 Å². The summed E-state index contributed by atoms with van der Waals surface area (Å²) in [7, 11) is 0. The Balaban J connectivity index is 1.78. The number of carboxylic acids is 1. The maximum atomic E-state index is 10.8. The van der Waals surface area contributed by atoms with E-state index in [1.807, 2.05) is 12.1 Å². The van der Waals surface area contributed by atoms with Crippen molar-refractivity contribution in [3.8, 4) is 11.4 Å². The first-order valence-corrected chi connectivity index (χ1v) is 6.78. The van der Waals surface area contributed by atoms with Gasteiger partial charge in [0.05, 0.1) is 5.56 Å². The summed E-state index contributed by atoms with van der Waals surface area (Å²) in [5, 5.41) is 19.4. The van der Waals surface area contributed by atoms with Crippen molar-refractivity contribution in [2.24, 2.45) is 0 Å². The second-order valence-corrected chi connectivity index (χ2v) is 4.96. The van der Waals surface area contributed by atoms with E-state index in [1.54, 1.807) is 24.3 Å². The predicted molar refractivity (Wildman–Crippen MR) is 83.5 cm³/mol. The minimum Gasteiger partial charge on any atom is -0.478 e. The zero-order chi connectivity index (χ0) is 15.5. The molecule has 7 heteroatoms. The van der Waals surface area contributed by atoms with Crippen molar-refractivity contribution in [2.45, 2.75) is 0 Å². The summed E-state index contributed by atoms with van der Waals surface area (Å²) in [6.45, 7) is 0. The number of hydrogen-bond donors (Lipinski definition) is 3. The van der Waals surface area contributed by atoms with Gasteiger partial charge in [-0.05, 0) is 36.4 Å². The smallest absolute Gasteiger partial charge is 0.335 e. The van der Waals surface area contributed by atoms with Gasteiger partial charge < -0.3 is 10.4 Å². The maximum Gasteiger partial charge on any atom is 0.335 e. The third-order valence-corrected chi connectivity index (χ3v) is 3.21. The number of carboxylic acid groups (broad SMARTS) is 1. The highest BCUT2D eigenvalue weighted by atomic mass is 35.5. The average Bonchev–Trinajstić information content (AvgIpc) is 2.96.